The van der Waals surface area contributed by atoms with Crippen molar-refractivity contribution >= 4 is 11.9 Å². The van der Waals surface area contributed by atoms with E-state index in [1.165, 1.54) is 0 Å². The molecule has 1 unspecified atom stereocenters. The second-order valence-corrected chi connectivity index (χ2v) is 5.53. The van der Waals surface area contributed by atoms with Crippen LogP contribution in [0.4, 0.5) is 0 Å². The third kappa shape index (κ3) is 4.34. The molecular weight excluding hydrogens is 222 g/mol. The lowest BCUT2D eigenvalue weighted by molar-refractivity contribution is -0.139. The number of carboxylic acids is 1. The number of hydrogen-bond acceptors (Lipinski definition) is 3. The Bertz CT molecular complexity index is 289. The zero-order chi connectivity index (χ0) is 13.1. The van der Waals surface area contributed by atoms with Crippen molar-refractivity contribution < 1.29 is 19.4 Å². The van der Waals surface area contributed by atoms with Crippen molar-refractivity contribution in [3.8, 4) is 0 Å². The third-order valence-electron chi connectivity index (χ3n) is 2.96. The molecule has 5 nitrogen and oxygen atoms in total. The molecule has 1 aliphatic rings. The zero-order valence-corrected chi connectivity index (χ0v) is 10.7. The molecule has 2 N–H and O–H groups in total. The van der Waals surface area contributed by atoms with Crippen LogP contribution < -0.4 is 5.32 Å². The maximum atomic E-state index is 11.9. The Morgan fingerprint density at radius 1 is 1.47 bits per heavy atom. The Labute approximate surface area is 102 Å². The van der Waals surface area contributed by atoms with Gasteiger partial charge < -0.3 is 15.2 Å². The first kappa shape index (κ1) is 14.0. The topological polar surface area (TPSA) is 75.6 Å². The summed E-state index contributed by atoms with van der Waals surface area (Å²) < 4.78 is 5.27. The van der Waals surface area contributed by atoms with Crippen molar-refractivity contribution in [2.24, 2.45) is 5.41 Å². The molecule has 1 aliphatic heterocycles. The molecule has 2 atom stereocenters. The van der Waals surface area contributed by atoms with Gasteiger partial charge >= 0.3 is 5.97 Å². The van der Waals surface area contributed by atoms with Crippen molar-refractivity contribution in [2.45, 2.75) is 52.2 Å². The van der Waals surface area contributed by atoms with E-state index in [9.17, 15) is 9.59 Å². The lowest BCUT2D eigenvalue weighted by atomic mass is 9.84. The molecule has 17 heavy (non-hydrogen) atoms. The van der Waals surface area contributed by atoms with Crippen LogP contribution in [0.25, 0.3) is 0 Å². The molecule has 0 spiro atoms. The van der Waals surface area contributed by atoms with Gasteiger partial charge in [-0.15, -0.1) is 0 Å². The predicted molar refractivity (Wildman–Crippen MR) is 62.6 cm³/mol. The van der Waals surface area contributed by atoms with Crippen LogP contribution in [-0.2, 0) is 14.3 Å². The minimum Gasteiger partial charge on any atom is -0.481 e. The van der Waals surface area contributed by atoms with Crippen molar-refractivity contribution in [2.75, 3.05) is 6.61 Å². The molecule has 1 saturated heterocycles. The fourth-order valence-corrected chi connectivity index (χ4v) is 1.80. The van der Waals surface area contributed by atoms with Crippen molar-refractivity contribution in [1.29, 1.82) is 0 Å². The smallest absolute Gasteiger partial charge is 0.305 e. The summed E-state index contributed by atoms with van der Waals surface area (Å²) in [5.41, 5.74) is -0.285. The van der Waals surface area contributed by atoms with Crippen molar-refractivity contribution in [1.82, 2.24) is 5.32 Å². The highest BCUT2D eigenvalue weighted by atomic mass is 16.5. The molecular formula is C12H21NO4. The predicted octanol–water partition coefficient (Wildman–Crippen LogP) is 1.17. The number of carboxylic acid groups (broad SMARTS) is 1. The van der Waals surface area contributed by atoms with E-state index in [1.54, 1.807) is 0 Å². The molecule has 1 fully saturated rings. The number of amides is 1. The van der Waals surface area contributed by atoms with Gasteiger partial charge in [0.15, 0.2) is 0 Å². The molecule has 0 aromatic carbocycles. The van der Waals surface area contributed by atoms with E-state index in [2.05, 4.69) is 5.32 Å². The summed E-state index contributed by atoms with van der Waals surface area (Å²) >= 11 is 0. The highest BCUT2D eigenvalue weighted by Crippen LogP contribution is 2.23. The van der Waals surface area contributed by atoms with E-state index in [4.69, 9.17) is 9.84 Å². The lowest BCUT2D eigenvalue weighted by Gasteiger charge is -2.31. The summed E-state index contributed by atoms with van der Waals surface area (Å²) in [7, 11) is 0. The molecule has 98 valence electrons. The number of carbonyl (C=O) groups excluding carboxylic acids is 1. The van der Waals surface area contributed by atoms with E-state index < -0.39 is 12.1 Å². The molecule has 0 saturated carbocycles. The summed E-state index contributed by atoms with van der Waals surface area (Å²) in [5.74, 6) is -1.10. The Balaban J connectivity index is 2.59. The summed E-state index contributed by atoms with van der Waals surface area (Å²) in [6.45, 7) is 6.35. The van der Waals surface area contributed by atoms with Crippen molar-refractivity contribution in [3.63, 3.8) is 0 Å². The number of aliphatic carboxylic acids is 1. The first-order chi connectivity index (χ1) is 7.80. The third-order valence-corrected chi connectivity index (χ3v) is 2.96. The van der Waals surface area contributed by atoms with Crippen LogP contribution in [0.2, 0.25) is 0 Å². The standard InChI is InChI=1S/C12H21NO4/c1-12(2,3)9(7-10(14)15)13-11(16)8-5-4-6-17-8/h8-9H,4-7H2,1-3H3,(H,13,16)(H,14,15)/t8-,9?/m1/s1. The lowest BCUT2D eigenvalue weighted by Crippen LogP contribution is -2.48. The SMILES string of the molecule is CC(C)(C)C(CC(=O)O)NC(=O)[C@H]1CCCO1. The largest absolute Gasteiger partial charge is 0.481 e. The number of carbonyl (C=O) groups is 2. The fraction of sp³-hybridized carbons (Fsp3) is 0.833. The van der Waals surface area contributed by atoms with Gasteiger partial charge in [-0.3, -0.25) is 9.59 Å². The van der Waals surface area contributed by atoms with Crippen LogP contribution in [0.1, 0.15) is 40.0 Å². The molecule has 0 bridgehead atoms. The highest BCUT2D eigenvalue weighted by Gasteiger charge is 2.32. The van der Waals surface area contributed by atoms with Gasteiger partial charge in [-0.2, -0.15) is 0 Å². The minimum atomic E-state index is -0.905. The molecule has 0 aliphatic carbocycles. The fourth-order valence-electron chi connectivity index (χ4n) is 1.80. The van der Waals surface area contributed by atoms with Crippen LogP contribution in [0.15, 0.2) is 0 Å². The van der Waals surface area contributed by atoms with E-state index in [0.29, 0.717) is 6.61 Å². The van der Waals surface area contributed by atoms with Gasteiger partial charge in [-0.25, -0.2) is 0 Å². The summed E-state index contributed by atoms with van der Waals surface area (Å²) in [4.78, 5) is 22.6. The molecule has 1 heterocycles. The summed E-state index contributed by atoms with van der Waals surface area (Å²) in [6.07, 6.45) is 1.13. The van der Waals surface area contributed by atoms with E-state index in [-0.39, 0.29) is 23.8 Å². The Hall–Kier alpha value is -1.10. The van der Waals surface area contributed by atoms with Gasteiger partial charge in [0.05, 0.1) is 6.42 Å². The maximum absolute atomic E-state index is 11.9. The van der Waals surface area contributed by atoms with Crippen LogP contribution in [0.5, 0.6) is 0 Å². The van der Waals surface area contributed by atoms with Crippen LogP contribution in [0, 0.1) is 5.41 Å². The second kappa shape index (κ2) is 5.49. The van der Waals surface area contributed by atoms with E-state index >= 15 is 0 Å². The Morgan fingerprint density at radius 2 is 2.12 bits per heavy atom. The van der Waals surface area contributed by atoms with Gasteiger partial charge in [0.25, 0.3) is 0 Å². The summed E-state index contributed by atoms with van der Waals surface area (Å²) in [5, 5.41) is 11.6. The second-order valence-electron chi connectivity index (χ2n) is 5.53. The van der Waals surface area contributed by atoms with Gasteiger partial charge in [-0.05, 0) is 18.3 Å². The van der Waals surface area contributed by atoms with Gasteiger partial charge in [0.2, 0.25) is 5.91 Å². The summed E-state index contributed by atoms with van der Waals surface area (Å²) in [6, 6.07) is -0.378. The van der Waals surface area contributed by atoms with Gasteiger partial charge in [-0.1, -0.05) is 20.8 Å². The number of rotatable bonds is 4. The van der Waals surface area contributed by atoms with Crippen LogP contribution in [0.3, 0.4) is 0 Å². The normalized spacial score (nSPS) is 22.2. The number of nitrogens with one attached hydrogen (secondary N) is 1. The van der Waals surface area contributed by atoms with Crippen LogP contribution in [-0.4, -0.2) is 35.7 Å². The van der Waals surface area contributed by atoms with Crippen molar-refractivity contribution in [3.05, 3.63) is 0 Å². The Kier molecular flexibility index (Phi) is 4.51. The number of ether oxygens (including phenoxy) is 1. The molecule has 1 amide bonds. The first-order valence-electron chi connectivity index (χ1n) is 5.94. The highest BCUT2D eigenvalue weighted by molar-refractivity contribution is 5.82. The number of hydrogen-bond donors (Lipinski definition) is 2. The molecule has 0 aromatic heterocycles. The van der Waals surface area contributed by atoms with E-state index in [0.717, 1.165) is 12.8 Å². The maximum Gasteiger partial charge on any atom is 0.305 e. The quantitative estimate of drug-likeness (QED) is 0.777. The average molecular weight is 243 g/mol. The minimum absolute atomic E-state index is 0.0675. The monoisotopic (exact) mass is 243 g/mol. The van der Waals surface area contributed by atoms with E-state index in [1.807, 2.05) is 20.8 Å². The Morgan fingerprint density at radius 3 is 2.53 bits per heavy atom. The molecule has 0 aromatic rings. The molecule has 0 radical (unpaired) electrons. The van der Waals surface area contributed by atoms with Crippen LogP contribution >= 0.6 is 0 Å². The molecule has 5 heteroatoms. The average Bonchev–Trinajstić information content (AvgIpc) is 2.66. The van der Waals surface area contributed by atoms with Gasteiger partial charge in [0, 0.05) is 12.6 Å². The molecule has 1 rings (SSSR count). The first-order valence-corrected chi connectivity index (χ1v) is 5.94. The van der Waals surface area contributed by atoms with Gasteiger partial charge in [0.1, 0.15) is 6.10 Å². The zero-order valence-electron chi connectivity index (χ0n) is 10.7.